The van der Waals surface area contributed by atoms with Crippen LogP contribution in [0, 0.1) is 0 Å². The molecule has 2 heterocycles. The summed E-state index contributed by atoms with van der Waals surface area (Å²) < 4.78 is 40.0. The number of rotatable bonds is 2. The Bertz CT molecular complexity index is 388. The highest BCUT2D eigenvalue weighted by Gasteiger charge is 2.52. The molecule has 0 aromatic heterocycles. The maximum Gasteiger partial charge on any atom is 0.305 e. The molecular formula is C12H17FO7. The lowest BCUT2D eigenvalue weighted by atomic mass is 9.99. The van der Waals surface area contributed by atoms with Crippen LogP contribution in [0.4, 0.5) is 4.39 Å². The normalized spacial score (nSPS) is 40.6. The van der Waals surface area contributed by atoms with Gasteiger partial charge in [0, 0.05) is 13.8 Å². The molecule has 2 aliphatic rings. The first-order chi connectivity index (χ1) is 9.38. The molecule has 2 rings (SSSR count). The minimum absolute atomic E-state index is 0.133. The van der Waals surface area contributed by atoms with Crippen molar-refractivity contribution in [3.63, 3.8) is 0 Å². The van der Waals surface area contributed by atoms with Crippen LogP contribution < -0.4 is 0 Å². The smallest absolute Gasteiger partial charge is 0.305 e. The van der Waals surface area contributed by atoms with Gasteiger partial charge in [-0.15, -0.1) is 0 Å². The highest BCUT2D eigenvalue weighted by Crippen LogP contribution is 2.32. The van der Waals surface area contributed by atoms with E-state index in [-0.39, 0.29) is 6.61 Å². The Labute approximate surface area is 115 Å². The summed E-state index contributed by atoms with van der Waals surface area (Å²) in [5, 5.41) is 0. The van der Waals surface area contributed by atoms with E-state index >= 15 is 0 Å². The summed E-state index contributed by atoms with van der Waals surface area (Å²) in [5.41, 5.74) is 0. The molecule has 114 valence electrons. The summed E-state index contributed by atoms with van der Waals surface area (Å²) in [6, 6.07) is 0. The van der Waals surface area contributed by atoms with E-state index < -0.39 is 49.0 Å². The highest BCUT2D eigenvalue weighted by atomic mass is 19.1. The Kier molecular flexibility index (Phi) is 4.56. The van der Waals surface area contributed by atoms with Crippen LogP contribution >= 0.6 is 0 Å². The topological polar surface area (TPSA) is 80.3 Å². The fourth-order valence-corrected chi connectivity index (χ4v) is 2.24. The molecule has 0 aromatic rings. The number of esters is 2. The van der Waals surface area contributed by atoms with Crippen LogP contribution in [0.15, 0.2) is 0 Å². The van der Waals surface area contributed by atoms with Crippen LogP contribution in [-0.4, -0.2) is 55.6 Å². The average molecular weight is 292 g/mol. The first-order valence-electron chi connectivity index (χ1n) is 6.29. The lowest BCUT2D eigenvalue weighted by Gasteiger charge is -2.45. The molecule has 0 aromatic carbocycles. The third-order valence-electron chi connectivity index (χ3n) is 3.00. The van der Waals surface area contributed by atoms with Gasteiger partial charge >= 0.3 is 11.9 Å². The monoisotopic (exact) mass is 292 g/mol. The second kappa shape index (κ2) is 6.02. The fraction of sp³-hybridized carbons (Fsp3) is 0.833. The summed E-state index contributed by atoms with van der Waals surface area (Å²) >= 11 is 0. The van der Waals surface area contributed by atoms with Crippen molar-refractivity contribution in [2.24, 2.45) is 0 Å². The van der Waals surface area contributed by atoms with Crippen LogP contribution in [0.25, 0.3) is 0 Å². The third kappa shape index (κ3) is 3.25. The summed E-state index contributed by atoms with van der Waals surface area (Å²) in [7, 11) is 0. The summed E-state index contributed by atoms with van der Waals surface area (Å²) in [4.78, 5) is 22.1. The van der Waals surface area contributed by atoms with Crippen molar-refractivity contribution in [2.45, 2.75) is 57.8 Å². The van der Waals surface area contributed by atoms with Gasteiger partial charge in [-0.3, -0.25) is 9.59 Å². The Hall–Kier alpha value is -1.25. The Morgan fingerprint density at radius 2 is 1.80 bits per heavy atom. The number of carbonyl (C=O) groups is 2. The molecule has 0 radical (unpaired) electrons. The number of halogens is 1. The number of alkyl halides is 1. The number of hydrogen-bond donors (Lipinski definition) is 0. The van der Waals surface area contributed by atoms with Crippen LogP contribution in [-0.2, 0) is 33.3 Å². The maximum atomic E-state index is 14.3. The SMILES string of the molecule is CC(=O)OC1O[C@@H]2COC(C)O[C@H]2[C@H](OC(C)=O)[C@H]1F. The highest BCUT2D eigenvalue weighted by molar-refractivity contribution is 5.67. The molecule has 6 atom stereocenters. The summed E-state index contributed by atoms with van der Waals surface area (Å²) in [5.74, 6) is -1.34. The van der Waals surface area contributed by atoms with Gasteiger partial charge in [0.1, 0.15) is 12.2 Å². The van der Waals surface area contributed by atoms with E-state index in [0.29, 0.717) is 0 Å². The molecule has 0 saturated carbocycles. The fourth-order valence-electron chi connectivity index (χ4n) is 2.24. The zero-order chi connectivity index (χ0) is 14.9. The molecule has 20 heavy (non-hydrogen) atoms. The van der Waals surface area contributed by atoms with E-state index in [1.165, 1.54) is 6.92 Å². The van der Waals surface area contributed by atoms with Crippen molar-refractivity contribution in [1.29, 1.82) is 0 Å². The molecule has 0 spiro atoms. The second-order valence-electron chi connectivity index (χ2n) is 4.67. The van der Waals surface area contributed by atoms with Crippen molar-refractivity contribution in [3.8, 4) is 0 Å². The van der Waals surface area contributed by atoms with Crippen molar-refractivity contribution in [2.75, 3.05) is 6.61 Å². The molecule has 0 amide bonds. The average Bonchev–Trinajstić information content (AvgIpc) is 2.34. The number of fused-ring (bicyclic) bond motifs is 1. The van der Waals surface area contributed by atoms with E-state index in [1.54, 1.807) is 6.92 Å². The van der Waals surface area contributed by atoms with Gasteiger partial charge in [-0.1, -0.05) is 0 Å². The first-order valence-corrected chi connectivity index (χ1v) is 6.29. The molecule has 0 bridgehead atoms. The number of carbonyl (C=O) groups excluding carboxylic acids is 2. The Morgan fingerprint density at radius 3 is 2.40 bits per heavy atom. The van der Waals surface area contributed by atoms with Crippen molar-refractivity contribution in [1.82, 2.24) is 0 Å². The van der Waals surface area contributed by atoms with E-state index in [2.05, 4.69) is 0 Å². The molecule has 7 nitrogen and oxygen atoms in total. The van der Waals surface area contributed by atoms with E-state index in [4.69, 9.17) is 23.7 Å². The predicted octanol–water partition coefficient (Wildman–Crippen LogP) is 0.306. The van der Waals surface area contributed by atoms with E-state index in [0.717, 1.165) is 6.92 Å². The van der Waals surface area contributed by atoms with Crippen molar-refractivity contribution >= 4 is 11.9 Å². The van der Waals surface area contributed by atoms with Crippen molar-refractivity contribution in [3.05, 3.63) is 0 Å². The second-order valence-corrected chi connectivity index (χ2v) is 4.67. The van der Waals surface area contributed by atoms with Gasteiger partial charge in [0.15, 0.2) is 12.4 Å². The molecular weight excluding hydrogens is 275 g/mol. The molecule has 0 N–H and O–H groups in total. The largest absolute Gasteiger partial charge is 0.456 e. The zero-order valence-corrected chi connectivity index (χ0v) is 11.4. The van der Waals surface area contributed by atoms with Crippen LogP contribution in [0.3, 0.4) is 0 Å². The minimum Gasteiger partial charge on any atom is -0.456 e. The van der Waals surface area contributed by atoms with E-state index in [1.807, 2.05) is 0 Å². The standard InChI is InChI=1S/C12H17FO7/c1-5(14)17-11-9(13)12(18-6(2)15)20-8-4-16-7(3)19-10(8)11/h7-12H,4H2,1-3H3/t7?,8-,9-,10-,11-,12?/m1/s1. The minimum atomic E-state index is -1.82. The quantitative estimate of drug-likeness (QED) is 0.677. The predicted molar refractivity (Wildman–Crippen MR) is 61.2 cm³/mol. The van der Waals surface area contributed by atoms with Gasteiger partial charge in [0.2, 0.25) is 12.5 Å². The van der Waals surface area contributed by atoms with Crippen LogP contribution in [0.5, 0.6) is 0 Å². The maximum absolute atomic E-state index is 14.3. The van der Waals surface area contributed by atoms with Gasteiger partial charge in [0.05, 0.1) is 6.61 Å². The number of ether oxygens (including phenoxy) is 5. The Balaban J connectivity index is 2.17. The third-order valence-corrected chi connectivity index (χ3v) is 3.00. The molecule has 2 saturated heterocycles. The van der Waals surface area contributed by atoms with Gasteiger partial charge in [-0.25, -0.2) is 4.39 Å². The molecule has 2 unspecified atom stereocenters. The van der Waals surface area contributed by atoms with Gasteiger partial charge in [0.25, 0.3) is 0 Å². The Morgan fingerprint density at radius 1 is 1.15 bits per heavy atom. The van der Waals surface area contributed by atoms with Crippen LogP contribution in [0.2, 0.25) is 0 Å². The van der Waals surface area contributed by atoms with Gasteiger partial charge in [-0.05, 0) is 6.92 Å². The first kappa shape index (κ1) is 15.1. The molecule has 2 fully saturated rings. The van der Waals surface area contributed by atoms with Gasteiger partial charge in [-0.2, -0.15) is 0 Å². The lowest BCUT2D eigenvalue weighted by Crippen LogP contribution is -2.63. The number of hydrogen-bond acceptors (Lipinski definition) is 7. The van der Waals surface area contributed by atoms with Crippen LogP contribution in [0.1, 0.15) is 20.8 Å². The van der Waals surface area contributed by atoms with E-state index in [9.17, 15) is 14.0 Å². The summed E-state index contributed by atoms with van der Waals surface area (Å²) in [6.07, 6.45) is -6.51. The summed E-state index contributed by atoms with van der Waals surface area (Å²) in [6.45, 7) is 4.08. The lowest BCUT2D eigenvalue weighted by molar-refractivity contribution is -0.342. The van der Waals surface area contributed by atoms with Crippen molar-refractivity contribution < 1.29 is 37.7 Å². The molecule has 0 aliphatic carbocycles. The van der Waals surface area contributed by atoms with Gasteiger partial charge < -0.3 is 23.7 Å². The molecule has 2 aliphatic heterocycles. The molecule has 8 heteroatoms. The zero-order valence-electron chi connectivity index (χ0n) is 11.4.